The molecule has 0 saturated carbocycles. The maximum Gasteiger partial charge on any atom is 0.226 e. The van der Waals surface area contributed by atoms with E-state index in [0.717, 1.165) is 64.1 Å². The van der Waals surface area contributed by atoms with Gasteiger partial charge in [0.25, 0.3) is 0 Å². The number of nitrogens with zero attached hydrogens (tertiary/aromatic N) is 2. The van der Waals surface area contributed by atoms with Crippen LogP contribution in [0.1, 0.15) is 44.2 Å². The number of anilines is 1. The summed E-state index contributed by atoms with van der Waals surface area (Å²) in [4.78, 5) is 16.9. The molecule has 1 aromatic carbocycles. The highest BCUT2D eigenvalue weighted by atomic mass is 16.2. The van der Waals surface area contributed by atoms with Crippen molar-refractivity contribution in [1.82, 2.24) is 10.2 Å². The fraction of sp³-hybridized carbons (Fsp3) is 0.650. The Hall–Kier alpha value is -1.39. The number of rotatable bonds is 5. The van der Waals surface area contributed by atoms with Crippen molar-refractivity contribution >= 4 is 11.6 Å². The van der Waals surface area contributed by atoms with Crippen molar-refractivity contribution in [3.05, 3.63) is 29.3 Å². The quantitative estimate of drug-likeness (QED) is 0.902. The standard InChI is InChI=1S/C20H31N3O/c1-3-5-20(24)23-11-4-6-18-15-17(7-8-19(18)23)14-16(2)22-12-9-21-10-13-22/h7-8,15-16,21H,3-6,9-14H2,1-2H3. The van der Waals surface area contributed by atoms with Crippen molar-refractivity contribution in [3.63, 3.8) is 0 Å². The highest BCUT2D eigenvalue weighted by molar-refractivity contribution is 5.94. The Bertz CT molecular complexity index is 566. The summed E-state index contributed by atoms with van der Waals surface area (Å²) in [5.74, 6) is 0.278. The van der Waals surface area contributed by atoms with Gasteiger partial charge in [0.2, 0.25) is 5.91 Å². The van der Waals surface area contributed by atoms with Gasteiger partial charge < -0.3 is 10.2 Å². The second-order valence-electron chi connectivity index (χ2n) is 7.20. The van der Waals surface area contributed by atoms with Crippen molar-refractivity contribution < 1.29 is 4.79 Å². The molecule has 2 aliphatic rings. The van der Waals surface area contributed by atoms with E-state index in [-0.39, 0.29) is 5.91 Å². The first-order chi connectivity index (χ1) is 11.7. The molecular formula is C20H31N3O. The molecule has 4 nitrogen and oxygen atoms in total. The monoisotopic (exact) mass is 329 g/mol. The molecule has 24 heavy (non-hydrogen) atoms. The average molecular weight is 329 g/mol. The molecule has 0 radical (unpaired) electrons. The lowest BCUT2D eigenvalue weighted by Gasteiger charge is -2.33. The van der Waals surface area contributed by atoms with E-state index in [2.05, 4.69) is 42.3 Å². The summed E-state index contributed by atoms with van der Waals surface area (Å²) >= 11 is 0. The van der Waals surface area contributed by atoms with E-state index < -0.39 is 0 Å². The highest BCUT2D eigenvalue weighted by Crippen LogP contribution is 2.29. The van der Waals surface area contributed by atoms with Gasteiger partial charge >= 0.3 is 0 Å². The Morgan fingerprint density at radius 2 is 2.04 bits per heavy atom. The summed E-state index contributed by atoms with van der Waals surface area (Å²) in [5, 5.41) is 3.42. The van der Waals surface area contributed by atoms with Gasteiger partial charge in [-0.1, -0.05) is 19.1 Å². The van der Waals surface area contributed by atoms with E-state index in [9.17, 15) is 4.79 Å². The first-order valence-corrected chi connectivity index (χ1v) is 9.56. The molecule has 1 fully saturated rings. The van der Waals surface area contributed by atoms with E-state index >= 15 is 0 Å². The van der Waals surface area contributed by atoms with Crippen LogP contribution in [-0.4, -0.2) is 49.6 Å². The predicted molar refractivity (Wildman–Crippen MR) is 99.6 cm³/mol. The summed E-state index contributed by atoms with van der Waals surface area (Å²) in [7, 11) is 0. The molecule has 2 heterocycles. The van der Waals surface area contributed by atoms with Crippen LogP contribution < -0.4 is 10.2 Å². The molecule has 1 N–H and O–H groups in total. The third kappa shape index (κ3) is 3.98. The first kappa shape index (κ1) is 17.4. The SMILES string of the molecule is CCCC(=O)N1CCCc2cc(CC(C)N3CCNCC3)ccc21. The van der Waals surface area contributed by atoms with Crippen LogP contribution in [0.3, 0.4) is 0 Å². The zero-order chi connectivity index (χ0) is 16.9. The molecule has 0 aromatic heterocycles. The molecule has 1 amide bonds. The van der Waals surface area contributed by atoms with Gasteiger partial charge in [0.05, 0.1) is 0 Å². The van der Waals surface area contributed by atoms with Gasteiger partial charge in [-0.3, -0.25) is 9.69 Å². The molecule has 4 heteroatoms. The fourth-order valence-electron chi connectivity index (χ4n) is 3.98. The summed E-state index contributed by atoms with van der Waals surface area (Å²) in [6, 6.07) is 7.34. The molecule has 132 valence electrons. The largest absolute Gasteiger partial charge is 0.314 e. The summed E-state index contributed by atoms with van der Waals surface area (Å²) < 4.78 is 0. The normalized spacial score (nSPS) is 19.8. The number of nitrogens with one attached hydrogen (secondary N) is 1. The summed E-state index contributed by atoms with van der Waals surface area (Å²) in [6.45, 7) is 9.77. The van der Waals surface area contributed by atoms with Gasteiger partial charge in [-0.15, -0.1) is 0 Å². The molecule has 0 bridgehead atoms. The Morgan fingerprint density at radius 1 is 1.25 bits per heavy atom. The topological polar surface area (TPSA) is 35.6 Å². The molecule has 1 atom stereocenters. The van der Waals surface area contributed by atoms with Crippen LogP contribution in [0.2, 0.25) is 0 Å². The van der Waals surface area contributed by atoms with Crippen molar-refractivity contribution in [3.8, 4) is 0 Å². The molecule has 1 unspecified atom stereocenters. The van der Waals surface area contributed by atoms with Gasteiger partial charge in [0, 0.05) is 50.9 Å². The minimum absolute atomic E-state index is 0.278. The smallest absolute Gasteiger partial charge is 0.226 e. The van der Waals surface area contributed by atoms with Crippen LogP contribution in [0.5, 0.6) is 0 Å². The lowest BCUT2D eigenvalue weighted by atomic mass is 9.96. The summed E-state index contributed by atoms with van der Waals surface area (Å²) in [5.41, 5.74) is 3.92. The molecule has 1 saturated heterocycles. The number of piperazine rings is 1. The van der Waals surface area contributed by atoms with Crippen LogP contribution in [-0.2, 0) is 17.6 Å². The minimum atomic E-state index is 0.278. The highest BCUT2D eigenvalue weighted by Gasteiger charge is 2.23. The zero-order valence-electron chi connectivity index (χ0n) is 15.2. The summed E-state index contributed by atoms with van der Waals surface area (Å²) in [6.07, 6.45) is 4.85. The van der Waals surface area contributed by atoms with E-state index in [1.54, 1.807) is 0 Å². The lowest BCUT2D eigenvalue weighted by molar-refractivity contribution is -0.118. The van der Waals surface area contributed by atoms with E-state index in [4.69, 9.17) is 0 Å². The van der Waals surface area contributed by atoms with Crippen molar-refractivity contribution in [2.75, 3.05) is 37.6 Å². The number of carbonyl (C=O) groups excluding carboxylic acids is 1. The third-order valence-corrected chi connectivity index (χ3v) is 5.33. The molecule has 1 aromatic rings. The lowest BCUT2D eigenvalue weighted by Crippen LogP contribution is -2.48. The molecule has 0 aliphatic carbocycles. The van der Waals surface area contributed by atoms with E-state index in [1.165, 1.54) is 11.1 Å². The van der Waals surface area contributed by atoms with Crippen molar-refractivity contribution in [2.45, 2.75) is 52.0 Å². The van der Waals surface area contributed by atoms with Gasteiger partial charge in [0.15, 0.2) is 0 Å². The molecule has 0 spiro atoms. The average Bonchev–Trinajstić information content (AvgIpc) is 2.62. The van der Waals surface area contributed by atoms with Gasteiger partial charge in [-0.25, -0.2) is 0 Å². The van der Waals surface area contributed by atoms with Crippen LogP contribution in [0.15, 0.2) is 18.2 Å². The fourth-order valence-corrected chi connectivity index (χ4v) is 3.98. The molecule has 2 aliphatic heterocycles. The van der Waals surface area contributed by atoms with Crippen molar-refractivity contribution in [1.29, 1.82) is 0 Å². The Balaban J connectivity index is 1.70. The van der Waals surface area contributed by atoms with Crippen molar-refractivity contribution in [2.24, 2.45) is 0 Å². The predicted octanol–water partition coefficient (Wildman–Crippen LogP) is 2.60. The first-order valence-electron chi connectivity index (χ1n) is 9.56. The van der Waals surface area contributed by atoms with Crippen LogP contribution in [0, 0.1) is 0 Å². The van der Waals surface area contributed by atoms with Gasteiger partial charge in [-0.2, -0.15) is 0 Å². The molecule has 3 rings (SSSR count). The third-order valence-electron chi connectivity index (χ3n) is 5.33. The second kappa shape index (κ2) is 8.13. The van der Waals surface area contributed by atoms with Gasteiger partial charge in [0.1, 0.15) is 0 Å². The van der Waals surface area contributed by atoms with Crippen LogP contribution in [0.4, 0.5) is 5.69 Å². The number of aryl methyl sites for hydroxylation is 1. The Morgan fingerprint density at radius 3 is 2.79 bits per heavy atom. The van der Waals surface area contributed by atoms with Gasteiger partial charge in [-0.05, 0) is 49.8 Å². The maximum absolute atomic E-state index is 12.3. The van der Waals surface area contributed by atoms with Crippen LogP contribution in [0.25, 0.3) is 0 Å². The number of hydrogen-bond acceptors (Lipinski definition) is 3. The zero-order valence-corrected chi connectivity index (χ0v) is 15.2. The maximum atomic E-state index is 12.3. The number of benzene rings is 1. The number of carbonyl (C=O) groups is 1. The number of amides is 1. The molecular weight excluding hydrogens is 298 g/mol. The van der Waals surface area contributed by atoms with E-state index in [1.807, 2.05) is 4.90 Å². The Kier molecular flexibility index (Phi) is 5.90. The number of hydrogen-bond donors (Lipinski definition) is 1. The Labute approximate surface area is 146 Å². The second-order valence-corrected chi connectivity index (χ2v) is 7.20. The van der Waals surface area contributed by atoms with Crippen LogP contribution >= 0.6 is 0 Å². The van der Waals surface area contributed by atoms with E-state index in [0.29, 0.717) is 12.5 Å². The minimum Gasteiger partial charge on any atom is -0.314 e. The number of fused-ring (bicyclic) bond motifs is 1.